The molecule has 2 aliphatic carbocycles. The summed E-state index contributed by atoms with van der Waals surface area (Å²) in [6.07, 6.45) is 8.45. The van der Waals surface area contributed by atoms with E-state index in [1.165, 1.54) is 31.4 Å². The lowest BCUT2D eigenvalue weighted by atomic mass is 9.87. The second-order valence-electron chi connectivity index (χ2n) is 11.1. The Labute approximate surface area is 215 Å². The van der Waals surface area contributed by atoms with E-state index in [0.717, 1.165) is 42.6 Å². The predicted octanol–water partition coefficient (Wildman–Crippen LogP) is 5.28. The zero-order chi connectivity index (χ0) is 25.9. The Bertz CT molecular complexity index is 1540. The van der Waals surface area contributed by atoms with Crippen molar-refractivity contribution in [2.24, 2.45) is 0 Å². The van der Waals surface area contributed by atoms with Crippen molar-refractivity contribution >= 4 is 22.4 Å². The SMILES string of the molecule is CN(C)C1CCc2ccc(Nc3cc4c(cn3)c(=O)n(C3CC3)n4-c3ccnc(C(C)(C)F)c3)cc2C1. The van der Waals surface area contributed by atoms with E-state index in [9.17, 15) is 9.18 Å². The summed E-state index contributed by atoms with van der Waals surface area (Å²) in [4.78, 5) is 24.5. The normalized spacial score (nSPS) is 17.8. The number of halogens is 1. The molecule has 0 spiro atoms. The number of nitrogens with zero attached hydrogens (tertiary/aromatic N) is 5. The molecule has 1 atom stereocenters. The van der Waals surface area contributed by atoms with Gasteiger partial charge in [0.2, 0.25) is 0 Å². The van der Waals surface area contributed by atoms with Gasteiger partial charge in [0, 0.05) is 30.2 Å². The van der Waals surface area contributed by atoms with E-state index in [4.69, 9.17) is 0 Å². The van der Waals surface area contributed by atoms with Gasteiger partial charge in [0.1, 0.15) is 11.5 Å². The molecule has 1 fully saturated rings. The van der Waals surface area contributed by atoms with Gasteiger partial charge in [-0.3, -0.25) is 9.78 Å². The maximum absolute atomic E-state index is 14.7. The molecule has 0 saturated heterocycles. The fourth-order valence-corrected chi connectivity index (χ4v) is 5.38. The lowest BCUT2D eigenvalue weighted by Crippen LogP contribution is -2.33. The van der Waals surface area contributed by atoms with Gasteiger partial charge in [0.05, 0.1) is 28.3 Å². The van der Waals surface area contributed by atoms with Gasteiger partial charge in [-0.1, -0.05) is 6.07 Å². The maximum atomic E-state index is 14.7. The molecule has 1 unspecified atom stereocenters. The van der Waals surface area contributed by atoms with Crippen LogP contribution in [0.2, 0.25) is 0 Å². The highest BCUT2D eigenvalue weighted by Gasteiger charge is 2.31. The second kappa shape index (κ2) is 8.80. The van der Waals surface area contributed by atoms with Crippen LogP contribution in [0, 0.1) is 0 Å². The van der Waals surface area contributed by atoms with Crippen LogP contribution in [0.4, 0.5) is 15.9 Å². The van der Waals surface area contributed by atoms with Gasteiger partial charge >= 0.3 is 0 Å². The monoisotopic (exact) mass is 500 g/mol. The maximum Gasteiger partial charge on any atom is 0.276 e. The summed E-state index contributed by atoms with van der Waals surface area (Å²) in [6.45, 7) is 2.98. The van der Waals surface area contributed by atoms with Gasteiger partial charge in [0.15, 0.2) is 0 Å². The minimum Gasteiger partial charge on any atom is -0.340 e. The Morgan fingerprint density at radius 3 is 2.59 bits per heavy atom. The van der Waals surface area contributed by atoms with Gasteiger partial charge < -0.3 is 10.2 Å². The number of aryl methyl sites for hydroxylation is 1. The number of hydrogen-bond acceptors (Lipinski definition) is 5. The molecular weight excluding hydrogens is 467 g/mol. The summed E-state index contributed by atoms with van der Waals surface area (Å²) in [7, 11) is 4.29. The first-order valence-corrected chi connectivity index (χ1v) is 13.0. The third kappa shape index (κ3) is 4.44. The molecule has 37 heavy (non-hydrogen) atoms. The minimum atomic E-state index is -1.59. The molecule has 192 valence electrons. The topological polar surface area (TPSA) is 68.0 Å². The van der Waals surface area contributed by atoms with Crippen LogP contribution in [0.1, 0.15) is 56.0 Å². The third-order valence-corrected chi connectivity index (χ3v) is 7.67. The van der Waals surface area contributed by atoms with Crippen LogP contribution in [0.15, 0.2) is 53.6 Å². The Hall–Kier alpha value is -3.52. The highest BCUT2D eigenvalue weighted by Crippen LogP contribution is 2.37. The first-order chi connectivity index (χ1) is 17.7. The molecule has 8 heteroatoms. The van der Waals surface area contributed by atoms with Gasteiger partial charge in [-0.25, -0.2) is 18.7 Å². The molecule has 1 aromatic carbocycles. The highest BCUT2D eigenvalue weighted by atomic mass is 19.1. The van der Waals surface area contributed by atoms with Crippen LogP contribution in [0.3, 0.4) is 0 Å². The van der Waals surface area contributed by atoms with Gasteiger partial charge in [-0.05, 0) is 95.4 Å². The Morgan fingerprint density at radius 1 is 1.05 bits per heavy atom. The first-order valence-electron chi connectivity index (χ1n) is 13.0. The molecule has 4 aromatic rings. The number of hydrogen-bond donors (Lipinski definition) is 1. The van der Waals surface area contributed by atoms with E-state index in [-0.39, 0.29) is 11.6 Å². The molecule has 1 saturated carbocycles. The largest absolute Gasteiger partial charge is 0.340 e. The van der Waals surface area contributed by atoms with Crippen LogP contribution in [-0.2, 0) is 18.5 Å². The third-order valence-electron chi connectivity index (χ3n) is 7.67. The fraction of sp³-hybridized carbons (Fsp3) is 0.414. The van der Waals surface area contributed by atoms with Crippen LogP contribution >= 0.6 is 0 Å². The summed E-state index contributed by atoms with van der Waals surface area (Å²) in [5.74, 6) is 0.661. The van der Waals surface area contributed by atoms with E-state index in [1.807, 2.05) is 16.8 Å². The number of nitrogens with one attached hydrogen (secondary N) is 1. The van der Waals surface area contributed by atoms with Gasteiger partial charge in [-0.15, -0.1) is 0 Å². The molecule has 0 bridgehead atoms. The summed E-state index contributed by atoms with van der Waals surface area (Å²) < 4.78 is 18.4. The van der Waals surface area contributed by atoms with E-state index in [0.29, 0.717) is 22.9 Å². The van der Waals surface area contributed by atoms with Crippen molar-refractivity contribution in [1.29, 1.82) is 0 Å². The number of aromatic nitrogens is 4. The lowest BCUT2D eigenvalue weighted by Gasteiger charge is -2.30. The highest BCUT2D eigenvalue weighted by molar-refractivity contribution is 5.83. The molecule has 0 aliphatic heterocycles. The average Bonchev–Trinajstić information content (AvgIpc) is 3.67. The molecule has 1 N–H and O–H groups in total. The number of rotatable bonds is 6. The van der Waals surface area contributed by atoms with E-state index in [2.05, 4.69) is 52.5 Å². The Balaban J connectivity index is 1.41. The van der Waals surface area contributed by atoms with Crippen LogP contribution in [-0.4, -0.2) is 44.4 Å². The Kier molecular flexibility index (Phi) is 5.67. The second-order valence-corrected chi connectivity index (χ2v) is 11.1. The molecule has 3 aromatic heterocycles. The number of anilines is 2. The van der Waals surface area contributed by atoms with Gasteiger partial charge in [0.25, 0.3) is 5.56 Å². The molecule has 0 radical (unpaired) electrons. The van der Waals surface area contributed by atoms with E-state index >= 15 is 0 Å². The smallest absolute Gasteiger partial charge is 0.276 e. The predicted molar refractivity (Wildman–Crippen MR) is 145 cm³/mol. The standard InChI is InChI=1S/C29H33FN6O/c1-29(2,30)26-15-23(11-12-31-26)35-25-16-27(32-17-24(25)28(37)36(35)21-9-10-21)33-20-7-5-18-6-8-22(34(3)4)14-19(18)13-20/h5,7,11-13,15-17,21-22H,6,8-10,14H2,1-4H3,(H,32,33). The van der Waals surface area contributed by atoms with E-state index in [1.54, 1.807) is 23.1 Å². The van der Waals surface area contributed by atoms with Crippen molar-refractivity contribution in [3.63, 3.8) is 0 Å². The number of pyridine rings is 2. The molecule has 6 rings (SSSR count). The average molecular weight is 501 g/mol. The van der Waals surface area contributed by atoms with Gasteiger partial charge in [-0.2, -0.15) is 0 Å². The van der Waals surface area contributed by atoms with E-state index < -0.39 is 5.67 Å². The van der Waals surface area contributed by atoms with Crippen molar-refractivity contribution in [2.75, 3.05) is 19.4 Å². The summed E-state index contributed by atoms with van der Waals surface area (Å²) in [5, 5.41) is 4.01. The number of alkyl halides is 1. The van der Waals surface area contributed by atoms with Crippen molar-refractivity contribution in [3.05, 3.63) is 76.0 Å². The fourth-order valence-electron chi connectivity index (χ4n) is 5.38. The molecule has 7 nitrogen and oxygen atoms in total. The quantitative estimate of drug-likeness (QED) is 0.390. The molecule has 2 aliphatic rings. The van der Waals surface area contributed by atoms with Crippen LogP contribution < -0.4 is 10.9 Å². The van der Waals surface area contributed by atoms with Crippen molar-refractivity contribution in [1.82, 2.24) is 24.2 Å². The summed E-state index contributed by atoms with van der Waals surface area (Å²) in [6, 6.07) is 12.7. The first kappa shape index (κ1) is 23.9. The number of fused-ring (bicyclic) bond motifs is 2. The number of benzene rings is 1. The molecular formula is C29H33FN6O. The van der Waals surface area contributed by atoms with Crippen molar-refractivity contribution < 1.29 is 4.39 Å². The molecule has 0 amide bonds. The molecule has 3 heterocycles. The van der Waals surface area contributed by atoms with Crippen LogP contribution in [0.25, 0.3) is 16.6 Å². The lowest BCUT2D eigenvalue weighted by molar-refractivity contribution is 0.214. The summed E-state index contributed by atoms with van der Waals surface area (Å²) in [5.41, 5.74) is 3.89. The van der Waals surface area contributed by atoms with Crippen molar-refractivity contribution in [3.8, 4) is 5.69 Å². The Morgan fingerprint density at radius 2 is 1.86 bits per heavy atom. The van der Waals surface area contributed by atoms with Crippen LogP contribution in [0.5, 0.6) is 0 Å². The zero-order valence-electron chi connectivity index (χ0n) is 21.8. The number of likely N-dealkylation sites (N-methyl/N-ethyl adjacent to an activating group) is 1. The zero-order valence-corrected chi connectivity index (χ0v) is 21.8. The minimum absolute atomic E-state index is 0.0714. The summed E-state index contributed by atoms with van der Waals surface area (Å²) >= 11 is 0. The van der Waals surface area contributed by atoms with Crippen molar-refractivity contribution in [2.45, 2.75) is 63.7 Å².